The Hall–Kier alpha value is -3.05. The van der Waals surface area contributed by atoms with Gasteiger partial charge in [-0.1, -0.05) is 36.4 Å². The quantitative estimate of drug-likeness (QED) is 0.428. The first-order chi connectivity index (χ1) is 13.5. The predicted molar refractivity (Wildman–Crippen MR) is 112 cm³/mol. The number of aromatic nitrogens is 2. The third kappa shape index (κ3) is 2.54. The maximum absolute atomic E-state index is 12.9. The molecule has 4 nitrogen and oxygen atoms in total. The van der Waals surface area contributed by atoms with E-state index in [9.17, 15) is 9.59 Å². The van der Waals surface area contributed by atoms with E-state index in [0.717, 1.165) is 27.3 Å². The van der Waals surface area contributed by atoms with Gasteiger partial charge in [0.2, 0.25) is 0 Å². The van der Waals surface area contributed by atoms with Crippen LogP contribution in [-0.2, 0) is 13.0 Å². The molecule has 0 bridgehead atoms. The van der Waals surface area contributed by atoms with Crippen molar-refractivity contribution in [2.75, 3.05) is 0 Å². The summed E-state index contributed by atoms with van der Waals surface area (Å²) in [5, 5.41) is 0.626. The maximum atomic E-state index is 12.9. The number of thiophene rings is 1. The van der Waals surface area contributed by atoms with Crippen molar-refractivity contribution in [2.24, 2.45) is 0 Å². The molecule has 0 unspecified atom stereocenters. The number of hydrogen-bond donors (Lipinski definition) is 0. The van der Waals surface area contributed by atoms with E-state index in [1.807, 2.05) is 44.2 Å². The first kappa shape index (κ1) is 17.1. The number of rotatable bonds is 3. The van der Waals surface area contributed by atoms with Crippen molar-refractivity contribution < 1.29 is 4.79 Å². The van der Waals surface area contributed by atoms with Crippen LogP contribution in [0.4, 0.5) is 0 Å². The van der Waals surface area contributed by atoms with Gasteiger partial charge in [-0.25, -0.2) is 4.98 Å². The second-order valence-electron chi connectivity index (χ2n) is 7.27. The molecule has 0 fully saturated rings. The molecule has 138 valence electrons. The van der Waals surface area contributed by atoms with Gasteiger partial charge < -0.3 is 0 Å². The Balaban J connectivity index is 1.51. The van der Waals surface area contributed by atoms with Crippen molar-refractivity contribution in [2.45, 2.75) is 26.8 Å². The zero-order valence-corrected chi connectivity index (χ0v) is 16.5. The van der Waals surface area contributed by atoms with Crippen LogP contribution in [0.5, 0.6) is 0 Å². The molecule has 2 heterocycles. The molecule has 1 aliphatic rings. The maximum Gasteiger partial charge on any atom is 0.262 e. The minimum atomic E-state index is -0.147. The Morgan fingerprint density at radius 3 is 2.75 bits per heavy atom. The van der Waals surface area contributed by atoms with Crippen LogP contribution in [0.15, 0.2) is 53.6 Å². The summed E-state index contributed by atoms with van der Waals surface area (Å²) in [7, 11) is 0. The first-order valence-corrected chi connectivity index (χ1v) is 10.0. The fraction of sp³-hybridized carbons (Fsp3) is 0.174. The van der Waals surface area contributed by atoms with Crippen molar-refractivity contribution in [1.82, 2.24) is 9.55 Å². The number of fused-ring (bicyclic) bond motifs is 4. The zero-order valence-electron chi connectivity index (χ0n) is 15.7. The third-order valence-electron chi connectivity index (χ3n) is 5.59. The summed E-state index contributed by atoms with van der Waals surface area (Å²) in [5.74, 6) is -0.0833. The van der Waals surface area contributed by atoms with Gasteiger partial charge in [0.15, 0.2) is 5.78 Å². The Morgan fingerprint density at radius 2 is 1.89 bits per heavy atom. The topological polar surface area (TPSA) is 52.0 Å². The van der Waals surface area contributed by atoms with Crippen LogP contribution in [0.2, 0.25) is 0 Å². The van der Waals surface area contributed by atoms with E-state index in [-0.39, 0.29) is 17.9 Å². The molecule has 0 spiro atoms. The lowest BCUT2D eigenvalue weighted by Gasteiger charge is -2.07. The summed E-state index contributed by atoms with van der Waals surface area (Å²) in [6, 6.07) is 14.1. The van der Waals surface area contributed by atoms with Crippen molar-refractivity contribution >= 4 is 27.3 Å². The smallest absolute Gasteiger partial charge is 0.262 e. The van der Waals surface area contributed by atoms with Gasteiger partial charge in [0.25, 0.3) is 5.56 Å². The highest BCUT2D eigenvalue weighted by molar-refractivity contribution is 7.18. The standard InChI is InChI=1S/C23H18N2O2S/c1-13-14(2)28-22-21(13)23(27)25(12-24-22)11-20(26)17-8-7-16-9-15-5-3-4-6-18(15)19(16)10-17/h3-8,10,12H,9,11H2,1-2H3. The molecular formula is C23H18N2O2S. The summed E-state index contributed by atoms with van der Waals surface area (Å²) in [6.45, 7) is 3.91. The van der Waals surface area contributed by atoms with Gasteiger partial charge in [-0.15, -0.1) is 11.3 Å². The molecule has 0 aliphatic heterocycles. The molecule has 28 heavy (non-hydrogen) atoms. The largest absolute Gasteiger partial charge is 0.292 e. The minimum absolute atomic E-state index is 0.00343. The van der Waals surface area contributed by atoms with Crippen LogP contribution in [0.1, 0.15) is 31.9 Å². The molecule has 5 rings (SSSR count). The highest BCUT2D eigenvalue weighted by Gasteiger charge is 2.20. The van der Waals surface area contributed by atoms with Crippen LogP contribution in [-0.4, -0.2) is 15.3 Å². The average Bonchev–Trinajstić information content (AvgIpc) is 3.21. The van der Waals surface area contributed by atoms with Gasteiger partial charge in [-0.05, 0) is 54.2 Å². The Labute approximate surface area is 166 Å². The number of nitrogens with zero attached hydrogens (tertiary/aromatic N) is 2. The molecule has 2 aromatic heterocycles. The number of benzene rings is 2. The van der Waals surface area contributed by atoms with Crippen molar-refractivity contribution in [3.05, 3.63) is 86.3 Å². The van der Waals surface area contributed by atoms with Crippen molar-refractivity contribution in [3.8, 4) is 11.1 Å². The highest BCUT2D eigenvalue weighted by atomic mass is 32.1. The van der Waals surface area contributed by atoms with Gasteiger partial charge in [0.05, 0.1) is 18.3 Å². The number of hydrogen-bond acceptors (Lipinski definition) is 4. The van der Waals surface area contributed by atoms with E-state index in [0.29, 0.717) is 10.9 Å². The van der Waals surface area contributed by atoms with Gasteiger partial charge in [0, 0.05) is 10.4 Å². The van der Waals surface area contributed by atoms with E-state index < -0.39 is 0 Å². The number of carbonyl (C=O) groups excluding carboxylic acids is 1. The SMILES string of the molecule is Cc1sc2ncn(CC(=O)c3ccc4c(c3)-c3ccccc3C4)c(=O)c2c1C. The first-order valence-electron chi connectivity index (χ1n) is 9.22. The van der Waals surface area contributed by atoms with Crippen LogP contribution in [0.25, 0.3) is 21.3 Å². The van der Waals surface area contributed by atoms with Crippen LogP contribution in [0.3, 0.4) is 0 Å². The second-order valence-corrected chi connectivity index (χ2v) is 8.47. The molecule has 4 aromatic rings. The van der Waals surface area contributed by atoms with Gasteiger partial charge in [-0.2, -0.15) is 0 Å². The molecule has 0 N–H and O–H groups in total. The van der Waals surface area contributed by atoms with Gasteiger partial charge in [-0.3, -0.25) is 14.2 Å². The van der Waals surface area contributed by atoms with E-state index in [1.165, 1.54) is 38.9 Å². The zero-order chi connectivity index (χ0) is 19.4. The van der Waals surface area contributed by atoms with E-state index in [4.69, 9.17) is 0 Å². The fourth-order valence-corrected chi connectivity index (χ4v) is 4.91. The average molecular weight is 386 g/mol. The molecule has 0 amide bonds. The van der Waals surface area contributed by atoms with Gasteiger partial charge >= 0.3 is 0 Å². The molecular weight excluding hydrogens is 368 g/mol. The molecule has 0 saturated heterocycles. The summed E-state index contributed by atoms with van der Waals surface area (Å²) < 4.78 is 1.42. The lowest BCUT2D eigenvalue weighted by Crippen LogP contribution is -2.24. The number of carbonyl (C=O) groups is 1. The number of Topliss-reactive ketones (excluding diaryl/α,β-unsaturated/α-hetero) is 1. The Bertz CT molecular complexity index is 1330. The normalized spacial score (nSPS) is 12.2. The number of aryl methyl sites for hydroxylation is 2. The summed E-state index contributed by atoms with van der Waals surface area (Å²) in [5.41, 5.74) is 6.27. The summed E-state index contributed by atoms with van der Waals surface area (Å²) in [6.07, 6.45) is 2.39. The third-order valence-corrected chi connectivity index (χ3v) is 6.71. The van der Waals surface area contributed by atoms with Crippen LogP contribution < -0.4 is 5.56 Å². The van der Waals surface area contributed by atoms with Crippen molar-refractivity contribution in [3.63, 3.8) is 0 Å². The lowest BCUT2D eigenvalue weighted by molar-refractivity contribution is 0.0970. The molecule has 2 aromatic carbocycles. The van der Waals surface area contributed by atoms with Crippen LogP contribution in [0, 0.1) is 13.8 Å². The molecule has 5 heteroatoms. The molecule has 0 saturated carbocycles. The molecule has 0 radical (unpaired) electrons. The minimum Gasteiger partial charge on any atom is -0.292 e. The second kappa shape index (κ2) is 6.24. The molecule has 1 aliphatic carbocycles. The molecule has 0 atom stereocenters. The summed E-state index contributed by atoms with van der Waals surface area (Å²) >= 11 is 1.51. The monoisotopic (exact) mass is 386 g/mol. The van der Waals surface area contributed by atoms with Gasteiger partial charge in [0.1, 0.15) is 4.83 Å². The number of ketones is 1. The fourth-order valence-electron chi connectivity index (χ4n) is 3.93. The Morgan fingerprint density at radius 1 is 1.11 bits per heavy atom. The van der Waals surface area contributed by atoms with Crippen LogP contribution >= 0.6 is 11.3 Å². The van der Waals surface area contributed by atoms with E-state index in [2.05, 4.69) is 17.1 Å². The Kier molecular flexibility index (Phi) is 3.81. The van der Waals surface area contributed by atoms with E-state index in [1.54, 1.807) is 0 Å². The highest BCUT2D eigenvalue weighted by Crippen LogP contribution is 2.36. The van der Waals surface area contributed by atoms with Crippen molar-refractivity contribution in [1.29, 1.82) is 0 Å². The predicted octanol–water partition coefficient (Wildman–Crippen LogP) is 4.53. The lowest BCUT2D eigenvalue weighted by atomic mass is 10.0. The van der Waals surface area contributed by atoms with E-state index >= 15 is 0 Å². The summed E-state index contributed by atoms with van der Waals surface area (Å²) in [4.78, 5) is 32.0.